The summed E-state index contributed by atoms with van der Waals surface area (Å²) in [5.74, 6) is 0.194. The molecule has 72 valence electrons. The van der Waals surface area contributed by atoms with Gasteiger partial charge in [-0.05, 0) is 19.8 Å². The molecule has 1 saturated heterocycles. The molecule has 1 aliphatic carbocycles. The van der Waals surface area contributed by atoms with Gasteiger partial charge in [-0.25, -0.2) is 0 Å². The predicted molar refractivity (Wildman–Crippen MR) is 52.3 cm³/mol. The van der Waals surface area contributed by atoms with E-state index in [-0.39, 0.29) is 5.91 Å². The second-order valence-corrected chi connectivity index (χ2v) is 4.21. The molecule has 2 heteroatoms. The molecule has 1 saturated carbocycles. The van der Waals surface area contributed by atoms with E-state index < -0.39 is 0 Å². The van der Waals surface area contributed by atoms with Gasteiger partial charge in [0.15, 0.2) is 0 Å². The van der Waals surface area contributed by atoms with Gasteiger partial charge >= 0.3 is 0 Å². The Morgan fingerprint density at radius 1 is 1.31 bits per heavy atom. The van der Waals surface area contributed by atoms with Crippen molar-refractivity contribution in [3.05, 3.63) is 12.2 Å². The van der Waals surface area contributed by atoms with Gasteiger partial charge in [-0.2, -0.15) is 0 Å². The molecule has 1 aliphatic heterocycles. The highest BCUT2D eigenvalue weighted by Gasteiger charge is 2.41. The molecule has 2 fully saturated rings. The summed E-state index contributed by atoms with van der Waals surface area (Å²) >= 11 is 0. The van der Waals surface area contributed by atoms with Crippen molar-refractivity contribution in [3.8, 4) is 0 Å². The van der Waals surface area contributed by atoms with Crippen LogP contribution in [-0.2, 0) is 4.79 Å². The number of carbonyl (C=O) groups excluding carboxylic acids is 1. The highest BCUT2D eigenvalue weighted by Crippen LogP contribution is 2.32. The van der Waals surface area contributed by atoms with Crippen molar-refractivity contribution in [2.45, 2.75) is 51.1 Å². The number of nitrogens with zero attached hydrogens (tertiary/aromatic N) is 1. The van der Waals surface area contributed by atoms with Crippen LogP contribution in [0.5, 0.6) is 0 Å². The van der Waals surface area contributed by atoms with E-state index in [9.17, 15) is 4.79 Å². The third-order valence-corrected chi connectivity index (χ3v) is 3.40. The molecule has 2 nitrogen and oxygen atoms in total. The maximum absolute atomic E-state index is 11.5. The average Bonchev–Trinajstić information content (AvgIpc) is 2.19. The Labute approximate surface area is 79.6 Å². The van der Waals surface area contributed by atoms with E-state index in [4.69, 9.17) is 0 Å². The quantitative estimate of drug-likeness (QED) is 0.446. The van der Waals surface area contributed by atoms with Crippen LogP contribution in [0.3, 0.4) is 0 Å². The first-order valence-corrected chi connectivity index (χ1v) is 5.23. The molecule has 0 bridgehead atoms. The number of amides is 1. The van der Waals surface area contributed by atoms with E-state index in [1.807, 2.05) is 4.90 Å². The minimum Gasteiger partial charge on any atom is -0.329 e. The number of carbonyl (C=O) groups is 1. The second kappa shape index (κ2) is 3.17. The van der Waals surface area contributed by atoms with Gasteiger partial charge < -0.3 is 4.90 Å². The van der Waals surface area contributed by atoms with Crippen molar-refractivity contribution < 1.29 is 4.79 Å². The van der Waals surface area contributed by atoms with Crippen molar-refractivity contribution in [2.75, 3.05) is 0 Å². The van der Waals surface area contributed by atoms with Crippen molar-refractivity contribution >= 4 is 5.91 Å². The fourth-order valence-electron chi connectivity index (χ4n) is 2.46. The smallest absolute Gasteiger partial charge is 0.252 e. The van der Waals surface area contributed by atoms with Crippen molar-refractivity contribution in [3.63, 3.8) is 0 Å². The van der Waals surface area contributed by atoms with Crippen LogP contribution in [-0.4, -0.2) is 22.9 Å². The molecule has 1 heterocycles. The molecule has 0 aromatic heterocycles. The first-order valence-electron chi connectivity index (χ1n) is 5.23. The van der Waals surface area contributed by atoms with Crippen LogP contribution in [0.1, 0.15) is 39.0 Å². The summed E-state index contributed by atoms with van der Waals surface area (Å²) in [6.07, 6.45) is 6.31. The average molecular weight is 179 g/mol. The number of hydrogen-bond donors (Lipinski definition) is 0. The highest BCUT2D eigenvalue weighted by atomic mass is 16.2. The molecular formula is C11H17NO. The van der Waals surface area contributed by atoms with Crippen LogP contribution in [0.2, 0.25) is 0 Å². The lowest BCUT2D eigenvalue weighted by Crippen LogP contribution is -2.58. The summed E-state index contributed by atoms with van der Waals surface area (Å²) in [7, 11) is 0. The molecule has 2 aliphatic rings. The Bertz CT molecular complexity index is 240. The van der Waals surface area contributed by atoms with Gasteiger partial charge in [0.05, 0.1) is 6.04 Å². The second-order valence-electron chi connectivity index (χ2n) is 4.21. The summed E-state index contributed by atoms with van der Waals surface area (Å²) in [6.45, 7) is 5.86. The van der Waals surface area contributed by atoms with Gasteiger partial charge in [0, 0.05) is 11.6 Å². The zero-order chi connectivity index (χ0) is 9.42. The molecule has 0 radical (unpaired) electrons. The molecule has 1 unspecified atom stereocenters. The minimum atomic E-state index is 0.194. The topological polar surface area (TPSA) is 20.3 Å². The van der Waals surface area contributed by atoms with Crippen molar-refractivity contribution in [2.24, 2.45) is 0 Å². The fraction of sp³-hybridized carbons (Fsp3) is 0.727. The molecule has 1 atom stereocenters. The Balaban J connectivity index is 2.00. The Morgan fingerprint density at radius 2 is 1.92 bits per heavy atom. The lowest BCUT2D eigenvalue weighted by Gasteiger charge is -2.46. The molecule has 2 rings (SSSR count). The number of rotatable bonds is 1. The normalized spacial score (nSPS) is 30.5. The molecule has 0 aromatic carbocycles. The van der Waals surface area contributed by atoms with Gasteiger partial charge in [-0.15, -0.1) is 0 Å². The third kappa shape index (κ3) is 1.28. The van der Waals surface area contributed by atoms with Crippen LogP contribution >= 0.6 is 0 Å². The maximum atomic E-state index is 11.5. The zero-order valence-corrected chi connectivity index (χ0v) is 8.25. The lowest BCUT2D eigenvalue weighted by molar-refractivity contribution is -0.140. The molecule has 0 spiro atoms. The van der Waals surface area contributed by atoms with E-state index in [0.29, 0.717) is 12.1 Å². The van der Waals surface area contributed by atoms with Crippen LogP contribution < -0.4 is 0 Å². The van der Waals surface area contributed by atoms with Crippen molar-refractivity contribution in [1.29, 1.82) is 0 Å². The van der Waals surface area contributed by atoms with Crippen LogP contribution in [0.25, 0.3) is 0 Å². The summed E-state index contributed by atoms with van der Waals surface area (Å²) < 4.78 is 0. The standard InChI is InChI=1S/C11H17NO/c1-8-9(2)12(11(8)13)10-6-4-3-5-7-10/h9-10H,1,3-7H2,2H3. The first-order chi connectivity index (χ1) is 6.22. The first kappa shape index (κ1) is 8.79. The molecular weight excluding hydrogens is 162 g/mol. The van der Waals surface area contributed by atoms with Gasteiger partial charge in [0.2, 0.25) is 0 Å². The monoisotopic (exact) mass is 179 g/mol. The minimum absolute atomic E-state index is 0.194. The zero-order valence-electron chi connectivity index (χ0n) is 8.25. The Kier molecular flexibility index (Phi) is 2.14. The van der Waals surface area contributed by atoms with Gasteiger partial charge in [0.25, 0.3) is 5.91 Å². The van der Waals surface area contributed by atoms with Crippen molar-refractivity contribution in [1.82, 2.24) is 4.90 Å². The Morgan fingerprint density at radius 3 is 2.46 bits per heavy atom. The number of β-lactam (4-membered cyclic amide) rings is 1. The summed E-state index contributed by atoms with van der Waals surface area (Å²) in [5, 5.41) is 0. The molecule has 0 aromatic rings. The maximum Gasteiger partial charge on any atom is 0.252 e. The Hall–Kier alpha value is -0.790. The highest BCUT2D eigenvalue weighted by molar-refractivity contribution is 6.01. The van der Waals surface area contributed by atoms with Gasteiger partial charge in [-0.1, -0.05) is 25.8 Å². The predicted octanol–water partition coefficient (Wildman–Crippen LogP) is 2.11. The molecule has 1 amide bonds. The van der Waals surface area contributed by atoms with E-state index in [0.717, 1.165) is 5.57 Å². The lowest BCUT2D eigenvalue weighted by atomic mass is 9.87. The molecule has 0 N–H and O–H groups in total. The van der Waals surface area contributed by atoms with Crippen LogP contribution in [0.15, 0.2) is 12.2 Å². The SMILES string of the molecule is C=C1C(=O)N(C2CCCCC2)C1C. The van der Waals surface area contributed by atoms with Gasteiger partial charge in [0.1, 0.15) is 0 Å². The summed E-state index contributed by atoms with van der Waals surface area (Å²) in [5.41, 5.74) is 0.797. The van der Waals surface area contributed by atoms with Crippen LogP contribution in [0.4, 0.5) is 0 Å². The summed E-state index contributed by atoms with van der Waals surface area (Å²) in [6, 6.07) is 0.817. The number of likely N-dealkylation sites (tertiary alicyclic amines) is 1. The van der Waals surface area contributed by atoms with E-state index in [2.05, 4.69) is 13.5 Å². The van der Waals surface area contributed by atoms with E-state index >= 15 is 0 Å². The van der Waals surface area contributed by atoms with Crippen LogP contribution in [0, 0.1) is 0 Å². The summed E-state index contributed by atoms with van der Waals surface area (Å²) in [4.78, 5) is 13.5. The van der Waals surface area contributed by atoms with E-state index in [1.165, 1.54) is 32.1 Å². The van der Waals surface area contributed by atoms with E-state index in [1.54, 1.807) is 0 Å². The van der Waals surface area contributed by atoms with Gasteiger partial charge in [-0.3, -0.25) is 4.79 Å². The third-order valence-electron chi connectivity index (χ3n) is 3.40. The number of hydrogen-bond acceptors (Lipinski definition) is 1. The molecule has 13 heavy (non-hydrogen) atoms. The largest absolute Gasteiger partial charge is 0.329 e. The fourth-order valence-corrected chi connectivity index (χ4v) is 2.46.